The van der Waals surface area contributed by atoms with E-state index in [9.17, 15) is 9.18 Å². The lowest BCUT2D eigenvalue weighted by atomic mass is 10.2. The summed E-state index contributed by atoms with van der Waals surface area (Å²) in [4.78, 5) is 14.0. The van der Waals surface area contributed by atoms with Crippen LogP contribution in [0.2, 0.25) is 0 Å². The number of ether oxygens (including phenoxy) is 1. The molecule has 0 aliphatic rings. The predicted octanol–water partition coefficient (Wildman–Crippen LogP) is 3.40. The van der Waals surface area contributed by atoms with Gasteiger partial charge in [-0.05, 0) is 30.3 Å². The number of anilines is 1. The van der Waals surface area contributed by atoms with Gasteiger partial charge in [-0.25, -0.2) is 4.39 Å². The number of methoxy groups -OCH3 is 1. The number of hydrogen-bond donors (Lipinski definition) is 1. The summed E-state index contributed by atoms with van der Waals surface area (Å²) in [5, 5.41) is 0. The van der Waals surface area contributed by atoms with Crippen molar-refractivity contribution in [1.82, 2.24) is 0 Å². The molecular weight excluding hydrogens is 277 g/mol. The van der Waals surface area contributed by atoms with Crippen molar-refractivity contribution in [2.24, 2.45) is 0 Å². The first-order chi connectivity index (χ1) is 9.52. The minimum atomic E-state index is -0.450. The largest absolute Gasteiger partial charge is 0.497 e. The molecule has 104 valence electrons. The smallest absolute Gasteiger partial charge is 0.258 e. The van der Waals surface area contributed by atoms with Crippen molar-refractivity contribution < 1.29 is 13.9 Å². The molecule has 0 spiro atoms. The number of hydrogen-bond acceptors (Lipinski definition) is 3. The minimum absolute atomic E-state index is 0.148. The molecule has 0 heterocycles. The number of benzene rings is 2. The fourth-order valence-corrected chi connectivity index (χ4v) is 1.99. The highest BCUT2D eigenvalue weighted by Gasteiger charge is 2.15. The van der Waals surface area contributed by atoms with Gasteiger partial charge in [-0.1, -0.05) is 6.07 Å². The van der Waals surface area contributed by atoms with Gasteiger partial charge in [0.1, 0.15) is 11.6 Å². The Hall–Kier alpha value is -2.01. The summed E-state index contributed by atoms with van der Waals surface area (Å²) in [7, 11) is 3.22. The standard InChI is InChI=1S/C15H14FNO2S/c1-17(11-4-3-5-12(9-11)19-2)15(18)10-6-7-13(16)14(20)8-10/h3-9,20H,1-2H3. The fraction of sp³-hybridized carbons (Fsp3) is 0.133. The Morgan fingerprint density at radius 1 is 1.25 bits per heavy atom. The second-order valence-electron chi connectivity index (χ2n) is 4.23. The summed E-state index contributed by atoms with van der Waals surface area (Å²) >= 11 is 3.98. The molecule has 0 radical (unpaired) electrons. The summed E-state index contributed by atoms with van der Waals surface area (Å²) in [6.07, 6.45) is 0. The van der Waals surface area contributed by atoms with E-state index >= 15 is 0 Å². The van der Waals surface area contributed by atoms with Gasteiger partial charge in [0.2, 0.25) is 0 Å². The van der Waals surface area contributed by atoms with Crippen LogP contribution in [0.1, 0.15) is 10.4 Å². The zero-order valence-electron chi connectivity index (χ0n) is 11.1. The molecule has 0 bridgehead atoms. The zero-order chi connectivity index (χ0) is 14.7. The van der Waals surface area contributed by atoms with Crippen LogP contribution < -0.4 is 9.64 Å². The second-order valence-corrected chi connectivity index (χ2v) is 4.71. The maximum atomic E-state index is 13.2. The number of amides is 1. The molecule has 2 aromatic rings. The summed E-state index contributed by atoms with van der Waals surface area (Å²) in [6, 6.07) is 11.2. The molecule has 0 aliphatic carbocycles. The van der Waals surface area contributed by atoms with Crippen molar-refractivity contribution in [3.8, 4) is 5.75 Å². The van der Waals surface area contributed by atoms with E-state index in [-0.39, 0.29) is 10.8 Å². The van der Waals surface area contributed by atoms with Crippen LogP contribution in [0.25, 0.3) is 0 Å². The molecule has 1 amide bonds. The molecule has 3 nitrogen and oxygen atoms in total. The number of thiol groups is 1. The Morgan fingerprint density at radius 3 is 2.65 bits per heavy atom. The van der Waals surface area contributed by atoms with Gasteiger partial charge < -0.3 is 9.64 Å². The van der Waals surface area contributed by atoms with Gasteiger partial charge in [0.25, 0.3) is 5.91 Å². The maximum Gasteiger partial charge on any atom is 0.258 e. The Bertz CT molecular complexity index is 646. The first-order valence-electron chi connectivity index (χ1n) is 5.93. The van der Waals surface area contributed by atoms with Crippen LogP contribution in [0, 0.1) is 5.82 Å². The molecule has 0 saturated heterocycles. The lowest BCUT2D eigenvalue weighted by molar-refractivity contribution is 0.0992. The molecule has 5 heteroatoms. The van der Waals surface area contributed by atoms with Gasteiger partial charge >= 0.3 is 0 Å². The number of rotatable bonds is 3. The first kappa shape index (κ1) is 14.4. The minimum Gasteiger partial charge on any atom is -0.497 e. The number of carbonyl (C=O) groups is 1. The fourth-order valence-electron chi connectivity index (χ4n) is 1.78. The number of carbonyl (C=O) groups excluding carboxylic acids is 1. The van der Waals surface area contributed by atoms with Crippen LogP contribution in [0.15, 0.2) is 47.4 Å². The van der Waals surface area contributed by atoms with Gasteiger partial charge in [-0.15, -0.1) is 12.6 Å². The van der Waals surface area contributed by atoms with Crippen LogP contribution in [0.5, 0.6) is 5.75 Å². The highest BCUT2D eigenvalue weighted by atomic mass is 32.1. The topological polar surface area (TPSA) is 29.5 Å². The van der Waals surface area contributed by atoms with Crippen molar-refractivity contribution in [1.29, 1.82) is 0 Å². The third-order valence-corrected chi connectivity index (χ3v) is 3.28. The highest BCUT2D eigenvalue weighted by Crippen LogP contribution is 2.22. The van der Waals surface area contributed by atoms with E-state index in [1.54, 1.807) is 38.4 Å². The van der Waals surface area contributed by atoms with Gasteiger partial charge in [0.15, 0.2) is 0 Å². The molecule has 0 N–H and O–H groups in total. The monoisotopic (exact) mass is 291 g/mol. The van der Waals surface area contributed by atoms with Gasteiger partial charge in [0, 0.05) is 29.3 Å². The van der Waals surface area contributed by atoms with Gasteiger partial charge in [0.05, 0.1) is 7.11 Å². The third kappa shape index (κ3) is 2.93. The molecule has 0 aromatic heterocycles. The van der Waals surface area contributed by atoms with Crippen LogP contribution in [-0.2, 0) is 0 Å². The van der Waals surface area contributed by atoms with Crippen molar-refractivity contribution >= 4 is 24.2 Å². The number of nitrogens with zero attached hydrogens (tertiary/aromatic N) is 1. The van der Waals surface area contributed by atoms with Gasteiger partial charge in [-0.3, -0.25) is 4.79 Å². The Labute approximate surface area is 122 Å². The molecule has 0 fully saturated rings. The summed E-state index contributed by atoms with van der Waals surface area (Å²) in [6.45, 7) is 0. The normalized spacial score (nSPS) is 10.2. The summed E-state index contributed by atoms with van der Waals surface area (Å²) in [5.41, 5.74) is 1.07. The molecular formula is C15H14FNO2S. The molecule has 0 saturated carbocycles. The van der Waals surface area contributed by atoms with E-state index in [0.717, 1.165) is 0 Å². The molecule has 20 heavy (non-hydrogen) atoms. The summed E-state index contributed by atoms with van der Waals surface area (Å²) in [5.74, 6) is -0.0291. The van der Waals surface area contributed by atoms with Crippen molar-refractivity contribution in [3.05, 3.63) is 53.8 Å². The van der Waals surface area contributed by atoms with E-state index in [1.807, 2.05) is 0 Å². The van der Waals surface area contributed by atoms with E-state index < -0.39 is 5.82 Å². The second kappa shape index (κ2) is 5.96. The Morgan fingerprint density at radius 2 is 2.00 bits per heavy atom. The molecule has 2 rings (SSSR count). The Balaban J connectivity index is 2.29. The van der Waals surface area contributed by atoms with E-state index in [4.69, 9.17) is 4.74 Å². The highest BCUT2D eigenvalue weighted by molar-refractivity contribution is 7.80. The van der Waals surface area contributed by atoms with Crippen LogP contribution >= 0.6 is 12.6 Å². The van der Waals surface area contributed by atoms with Crippen LogP contribution in [0.3, 0.4) is 0 Å². The van der Waals surface area contributed by atoms with E-state index in [1.165, 1.54) is 23.1 Å². The molecule has 0 atom stereocenters. The van der Waals surface area contributed by atoms with Crippen molar-refractivity contribution in [2.45, 2.75) is 4.90 Å². The lowest BCUT2D eigenvalue weighted by Gasteiger charge is -2.18. The SMILES string of the molecule is COc1cccc(N(C)C(=O)c2ccc(F)c(S)c2)c1. The molecule has 2 aromatic carbocycles. The molecule has 0 unspecified atom stereocenters. The number of halogens is 1. The van der Waals surface area contributed by atoms with Crippen LogP contribution in [0.4, 0.5) is 10.1 Å². The molecule has 0 aliphatic heterocycles. The van der Waals surface area contributed by atoms with Crippen LogP contribution in [-0.4, -0.2) is 20.1 Å². The third-order valence-electron chi connectivity index (χ3n) is 2.94. The predicted molar refractivity (Wildman–Crippen MR) is 79.4 cm³/mol. The zero-order valence-corrected chi connectivity index (χ0v) is 12.0. The summed E-state index contributed by atoms with van der Waals surface area (Å²) < 4.78 is 18.3. The van der Waals surface area contributed by atoms with Crippen molar-refractivity contribution in [3.63, 3.8) is 0 Å². The maximum absolute atomic E-state index is 13.2. The van der Waals surface area contributed by atoms with E-state index in [0.29, 0.717) is 17.0 Å². The van der Waals surface area contributed by atoms with E-state index in [2.05, 4.69) is 12.6 Å². The van der Waals surface area contributed by atoms with Crippen molar-refractivity contribution in [2.75, 3.05) is 19.1 Å². The first-order valence-corrected chi connectivity index (χ1v) is 6.38. The lowest BCUT2D eigenvalue weighted by Crippen LogP contribution is -2.26. The van der Waals surface area contributed by atoms with Gasteiger partial charge in [-0.2, -0.15) is 0 Å². The quantitative estimate of drug-likeness (QED) is 0.878. The Kier molecular flexibility index (Phi) is 4.29. The average molecular weight is 291 g/mol. The average Bonchev–Trinajstić information content (AvgIpc) is 2.48.